The van der Waals surface area contributed by atoms with Crippen LogP contribution in [0, 0.1) is 5.41 Å². The minimum atomic E-state index is -0.197. The third kappa shape index (κ3) is 6.53. The number of nitrogens with two attached hydrogens (primary N) is 1. The molecule has 0 aromatic carbocycles. The van der Waals surface area contributed by atoms with Crippen molar-refractivity contribution >= 4 is 29.4 Å². The number of carbonyl (C=O) groups excluding carboxylic acids is 2. The molecule has 1 saturated heterocycles. The van der Waals surface area contributed by atoms with Gasteiger partial charge in [0.2, 0.25) is 11.8 Å². The number of hydrogen-bond acceptors (Lipinski definition) is 4. The van der Waals surface area contributed by atoms with Crippen molar-refractivity contribution in [1.82, 2.24) is 4.90 Å². The molecular formula is C17H31N3O2S. The standard InChI is InChI=1S/C10H17N3O2S.C5H8.C2H6/c1-12-8(11)4-3-5-16-7-6-9(14)13(2)10(7)15;1-2-5(1)3-4-5;1-2/h7H,3-6H2,1-2H3,(H2,11,12);1-4H2;1-2H3. The molecule has 0 aromatic heterocycles. The Bertz CT molecular complexity index is 430. The summed E-state index contributed by atoms with van der Waals surface area (Å²) in [4.78, 5) is 27.8. The molecule has 23 heavy (non-hydrogen) atoms. The minimum absolute atomic E-state index is 0.0767. The zero-order valence-electron chi connectivity index (χ0n) is 14.9. The highest BCUT2D eigenvalue weighted by Crippen LogP contribution is 2.65. The van der Waals surface area contributed by atoms with Gasteiger partial charge in [-0.25, -0.2) is 0 Å². The van der Waals surface area contributed by atoms with Gasteiger partial charge in [0, 0.05) is 26.9 Å². The molecular weight excluding hydrogens is 310 g/mol. The third-order valence-electron chi connectivity index (χ3n) is 4.44. The Kier molecular flexibility index (Phi) is 8.09. The van der Waals surface area contributed by atoms with Crippen LogP contribution in [0.5, 0.6) is 0 Å². The van der Waals surface area contributed by atoms with E-state index in [9.17, 15) is 9.59 Å². The van der Waals surface area contributed by atoms with Gasteiger partial charge in [-0.05, 0) is 43.3 Å². The molecule has 132 valence electrons. The van der Waals surface area contributed by atoms with E-state index < -0.39 is 0 Å². The van der Waals surface area contributed by atoms with E-state index in [-0.39, 0.29) is 17.1 Å². The highest BCUT2D eigenvalue weighted by atomic mass is 32.2. The van der Waals surface area contributed by atoms with Crippen LogP contribution in [-0.4, -0.2) is 47.6 Å². The molecule has 1 spiro atoms. The van der Waals surface area contributed by atoms with E-state index in [0.29, 0.717) is 12.3 Å². The molecule has 3 fully saturated rings. The Labute approximate surface area is 144 Å². The topological polar surface area (TPSA) is 75.8 Å². The van der Waals surface area contributed by atoms with Gasteiger partial charge >= 0.3 is 0 Å². The lowest BCUT2D eigenvalue weighted by atomic mass is 10.3. The fraction of sp³-hybridized carbons (Fsp3) is 0.824. The summed E-state index contributed by atoms with van der Waals surface area (Å²) in [6.07, 6.45) is 8.21. The lowest BCUT2D eigenvalue weighted by Crippen LogP contribution is -2.26. The maximum absolute atomic E-state index is 11.5. The summed E-state index contributed by atoms with van der Waals surface area (Å²) in [6.45, 7) is 4.00. The van der Waals surface area contributed by atoms with Gasteiger partial charge in [-0.2, -0.15) is 0 Å². The van der Waals surface area contributed by atoms with Crippen molar-refractivity contribution in [2.24, 2.45) is 16.1 Å². The van der Waals surface area contributed by atoms with Gasteiger partial charge in [0.05, 0.1) is 11.1 Å². The Morgan fingerprint density at radius 3 is 2.22 bits per heavy atom. The van der Waals surface area contributed by atoms with E-state index >= 15 is 0 Å². The number of imide groups is 1. The van der Waals surface area contributed by atoms with Crippen LogP contribution in [0.25, 0.3) is 0 Å². The molecule has 2 aliphatic carbocycles. The second-order valence-corrected chi connectivity index (χ2v) is 7.48. The van der Waals surface area contributed by atoms with Crippen LogP contribution in [0.1, 0.15) is 58.8 Å². The quantitative estimate of drug-likeness (QED) is 0.361. The maximum Gasteiger partial charge on any atom is 0.242 e. The molecule has 3 rings (SSSR count). The zero-order valence-corrected chi connectivity index (χ0v) is 15.7. The summed E-state index contributed by atoms with van der Waals surface area (Å²) in [5, 5.41) is -0.197. The number of amides is 2. The van der Waals surface area contributed by atoms with Crippen LogP contribution in [0.15, 0.2) is 4.99 Å². The summed E-state index contributed by atoms with van der Waals surface area (Å²) >= 11 is 1.53. The first kappa shape index (κ1) is 20.0. The fourth-order valence-electron chi connectivity index (χ4n) is 2.30. The third-order valence-corrected chi connectivity index (χ3v) is 5.73. The van der Waals surface area contributed by atoms with E-state index in [4.69, 9.17) is 5.73 Å². The fourth-order valence-corrected chi connectivity index (χ4v) is 3.45. The molecule has 0 bridgehead atoms. The maximum atomic E-state index is 11.5. The SMILES string of the molecule is C1CC12CC2.CC.CN=C(N)CCCSC1CC(=O)N(C)C1=O. The summed E-state index contributed by atoms with van der Waals surface area (Å²) in [5.74, 6) is 1.30. The number of nitrogens with zero attached hydrogens (tertiary/aromatic N) is 2. The summed E-state index contributed by atoms with van der Waals surface area (Å²) < 4.78 is 0. The normalized spacial score (nSPS) is 23.9. The molecule has 2 saturated carbocycles. The Balaban J connectivity index is 0.000000307. The van der Waals surface area contributed by atoms with Gasteiger partial charge in [0.1, 0.15) is 0 Å². The van der Waals surface area contributed by atoms with Crippen LogP contribution < -0.4 is 5.73 Å². The van der Waals surface area contributed by atoms with E-state index in [2.05, 4.69) is 4.99 Å². The van der Waals surface area contributed by atoms with Crippen LogP contribution >= 0.6 is 11.8 Å². The number of carbonyl (C=O) groups is 2. The first-order valence-corrected chi connectivity index (χ1v) is 9.65. The molecule has 3 aliphatic rings. The average Bonchev–Trinajstić information content (AvgIpc) is 3.50. The van der Waals surface area contributed by atoms with Crippen molar-refractivity contribution < 1.29 is 9.59 Å². The molecule has 0 radical (unpaired) electrons. The Morgan fingerprint density at radius 1 is 1.30 bits per heavy atom. The minimum Gasteiger partial charge on any atom is -0.387 e. The Morgan fingerprint density at radius 2 is 1.87 bits per heavy atom. The smallest absolute Gasteiger partial charge is 0.242 e. The first-order chi connectivity index (χ1) is 11.0. The van der Waals surface area contributed by atoms with Gasteiger partial charge in [-0.1, -0.05) is 13.8 Å². The number of rotatable bonds is 5. The first-order valence-electron chi connectivity index (χ1n) is 8.60. The van der Waals surface area contributed by atoms with Crippen LogP contribution in [0.4, 0.5) is 0 Å². The van der Waals surface area contributed by atoms with Crippen LogP contribution in [0.2, 0.25) is 0 Å². The molecule has 1 aliphatic heterocycles. The van der Waals surface area contributed by atoms with E-state index in [1.54, 1.807) is 32.7 Å². The number of amidine groups is 1. The lowest BCUT2D eigenvalue weighted by molar-refractivity contribution is -0.136. The predicted molar refractivity (Wildman–Crippen MR) is 97.7 cm³/mol. The molecule has 6 heteroatoms. The van der Waals surface area contributed by atoms with E-state index in [1.165, 1.54) is 23.7 Å². The second-order valence-electron chi connectivity index (χ2n) is 6.17. The van der Waals surface area contributed by atoms with Crippen LogP contribution in [0.3, 0.4) is 0 Å². The monoisotopic (exact) mass is 341 g/mol. The molecule has 2 amide bonds. The highest BCUT2D eigenvalue weighted by Gasteiger charge is 2.52. The summed E-state index contributed by atoms with van der Waals surface area (Å²) in [6, 6.07) is 0. The van der Waals surface area contributed by atoms with E-state index in [0.717, 1.165) is 24.0 Å². The number of aliphatic imine (C=N–C) groups is 1. The van der Waals surface area contributed by atoms with Gasteiger partial charge in [0.25, 0.3) is 0 Å². The molecule has 1 unspecified atom stereocenters. The predicted octanol–water partition coefficient (Wildman–Crippen LogP) is 2.83. The van der Waals surface area contributed by atoms with Crippen molar-refractivity contribution in [2.45, 2.75) is 64.0 Å². The van der Waals surface area contributed by atoms with Crippen molar-refractivity contribution in [1.29, 1.82) is 0 Å². The average molecular weight is 342 g/mol. The highest BCUT2D eigenvalue weighted by molar-refractivity contribution is 8.00. The van der Waals surface area contributed by atoms with Gasteiger partial charge in [-0.3, -0.25) is 19.5 Å². The van der Waals surface area contributed by atoms with Gasteiger partial charge in [-0.15, -0.1) is 11.8 Å². The van der Waals surface area contributed by atoms with Crippen LogP contribution in [-0.2, 0) is 9.59 Å². The number of likely N-dealkylation sites (tertiary alicyclic amines) is 1. The van der Waals surface area contributed by atoms with E-state index in [1.807, 2.05) is 13.8 Å². The largest absolute Gasteiger partial charge is 0.387 e. The zero-order chi connectivity index (χ0) is 17.5. The van der Waals surface area contributed by atoms with Crippen molar-refractivity contribution in [3.05, 3.63) is 0 Å². The molecule has 5 nitrogen and oxygen atoms in total. The van der Waals surface area contributed by atoms with Crippen molar-refractivity contribution in [3.8, 4) is 0 Å². The molecule has 1 atom stereocenters. The number of thioether (sulfide) groups is 1. The molecule has 2 N–H and O–H groups in total. The molecule has 0 aromatic rings. The summed E-state index contributed by atoms with van der Waals surface area (Å²) in [5.41, 5.74) is 6.55. The Hall–Kier alpha value is -1.04. The number of hydrogen-bond donors (Lipinski definition) is 1. The van der Waals surface area contributed by atoms with Crippen molar-refractivity contribution in [2.75, 3.05) is 19.8 Å². The summed E-state index contributed by atoms with van der Waals surface area (Å²) in [7, 11) is 3.20. The van der Waals surface area contributed by atoms with Crippen molar-refractivity contribution in [3.63, 3.8) is 0 Å². The van der Waals surface area contributed by atoms with Gasteiger partial charge < -0.3 is 5.73 Å². The van der Waals surface area contributed by atoms with Gasteiger partial charge in [0.15, 0.2) is 0 Å². The molecule has 1 heterocycles. The lowest BCUT2D eigenvalue weighted by Gasteiger charge is -2.08. The second kappa shape index (κ2) is 9.30.